The van der Waals surface area contributed by atoms with Crippen LogP contribution in [0.25, 0.3) is 0 Å². The Kier molecular flexibility index (Phi) is 4.76. The standard InChI is InChI=1S/C13H14F3N3OS/c1-19(2)12-18-17-11(7-21-12)9-3-5-10(6-4-9)20-8-13(14,15)16/h3-6H,7-8H2,1-2H3. The molecule has 1 aliphatic heterocycles. The van der Waals surface area contributed by atoms with Gasteiger partial charge in [-0.2, -0.15) is 18.3 Å². The lowest BCUT2D eigenvalue weighted by Gasteiger charge is -2.17. The second-order valence-corrected chi connectivity index (χ2v) is 5.48. The topological polar surface area (TPSA) is 37.2 Å². The van der Waals surface area contributed by atoms with Gasteiger partial charge in [0.2, 0.25) is 0 Å². The summed E-state index contributed by atoms with van der Waals surface area (Å²) in [5.74, 6) is 0.845. The van der Waals surface area contributed by atoms with Gasteiger partial charge < -0.3 is 9.64 Å². The fraction of sp³-hybridized carbons (Fsp3) is 0.385. The third-order valence-corrected chi connectivity index (χ3v) is 3.69. The minimum atomic E-state index is -4.33. The molecule has 1 aromatic carbocycles. The van der Waals surface area contributed by atoms with E-state index >= 15 is 0 Å². The molecule has 21 heavy (non-hydrogen) atoms. The Morgan fingerprint density at radius 3 is 2.33 bits per heavy atom. The predicted molar refractivity (Wildman–Crippen MR) is 78.1 cm³/mol. The number of halogens is 3. The summed E-state index contributed by atoms with van der Waals surface area (Å²) in [7, 11) is 3.78. The average Bonchev–Trinajstić information content (AvgIpc) is 2.45. The van der Waals surface area contributed by atoms with E-state index in [4.69, 9.17) is 0 Å². The molecular formula is C13H14F3N3OS. The molecule has 2 rings (SSSR count). The third-order valence-electron chi connectivity index (χ3n) is 2.57. The fourth-order valence-corrected chi connectivity index (χ4v) is 2.41. The van der Waals surface area contributed by atoms with Gasteiger partial charge in [0.15, 0.2) is 11.8 Å². The molecule has 0 saturated carbocycles. The second kappa shape index (κ2) is 6.38. The molecule has 1 aliphatic rings. The Hall–Kier alpha value is -1.70. The summed E-state index contributed by atoms with van der Waals surface area (Å²) in [4.78, 5) is 1.87. The van der Waals surface area contributed by atoms with Gasteiger partial charge in [-0.3, -0.25) is 0 Å². The molecule has 114 valence electrons. The summed E-state index contributed by atoms with van der Waals surface area (Å²) in [6.07, 6.45) is -4.33. The van der Waals surface area contributed by atoms with Gasteiger partial charge in [0, 0.05) is 19.8 Å². The first kappa shape index (κ1) is 15.7. The van der Waals surface area contributed by atoms with Crippen molar-refractivity contribution in [1.82, 2.24) is 4.90 Å². The molecule has 0 unspecified atom stereocenters. The van der Waals surface area contributed by atoms with Gasteiger partial charge in [0.1, 0.15) is 5.75 Å². The summed E-state index contributed by atoms with van der Waals surface area (Å²) in [6, 6.07) is 6.36. The van der Waals surface area contributed by atoms with E-state index in [0.717, 1.165) is 16.4 Å². The molecule has 0 N–H and O–H groups in total. The summed E-state index contributed by atoms with van der Waals surface area (Å²) in [5, 5.41) is 9.05. The van der Waals surface area contributed by atoms with E-state index in [-0.39, 0.29) is 5.75 Å². The molecule has 0 bridgehead atoms. The zero-order chi connectivity index (χ0) is 15.5. The summed E-state index contributed by atoms with van der Waals surface area (Å²) >= 11 is 1.56. The summed E-state index contributed by atoms with van der Waals surface area (Å²) < 4.78 is 40.8. The molecule has 0 fully saturated rings. The lowest BCUT2D eigenvalue weighted by atomic mass is 10.1. The van der Waals surface area contributed by atoms with Gasteiger partial charge in [0.25, 0.3) is 0 Å². The maximum atomic E-state index is 12.0. The van der Waals surface area contributed by atoms with Crippen molar-refractivity contribution >= 4 is 22.6 Å². The Balaban J connectivity index is 2.03. The van der Waals surface area contributed by atoms with Gasteiger partial charge in [-0.05, 0) is 29.8 Å². The largest absolute Gasteiger partial charge is 0.484 e. The van der Waals surface area contributed by atoms with Crippen LogP contribution in [0.4, 0.5) is 13.2 Å². The SMILES string of the molecule is CN(C)C1=NN=C(c2ccc(OCC(F)(F)F)cc2)CS1. The second-order valence-electron chi connectivity index (χ2n) is 4.54. The fourth-order valence-electron chi connectivity index (χ4n) is 1.56. The third kappa shape index (κ3) is 4.66. The van der Waals surface area contributed by atoms with Crippen molar-refractivity contribution in [1.29, 1.82) is 0 Å². The van der Waals surface area contributed by atoms with Crippen LogP contribution in [-0.2, 0) is 0 Å². The monoisotopic (exact) mass is 317 g/mol. The van der Waals surface area contributed by atoms with E-state index in [1.807, 2.05) is 19.0 Å². The van der Waals surface area contributed by atoms with Crippen LogP contribution in [0.3, 0.4) is 0 Å². The molecule has 0 aliphatic carbocycles. The van der Waals surface area contributed by atoms with Crippen LogP contribution in [0.1, 0.15) is 5.56 Å². The number of nitrogens with zero attached hydrogens (tertiary/aromatic N) is 3. The minimum Gasteiger partial charge on any atom is -0.484 e. The number of ether oxygens (including phenoxy) is 1. The molecule has 0 spiro atoms. The van der Waals surface area contributed by atoms with Crippen LogP contribution in [0.15, 0.2) is 34.5 Å². The van der Waals surface area contributed by atoms with E-state index < -0.39 is 12.8 Å². The van der Waals surface area contributed by atoms with Gasteiger partial charge in [-0.1, -0.05) is 11.8 Å². The number of hydrogen-bond acceptors (Lipinski definition) is 5. The zero-order valence-corrected chi connectivity index (χ0v) is 12.3. The molecular weight excluding hydrogens is 303 g/mol. The van der Waals surface area contributed by atoms with Crippen molar-refractivity contribution in [3.8, 4) is 5.75 Å². The zero-order valence-electron chi connectivity index (χ0n) is 11.5. The Bertz CT molecular complexity index is 553. The van der Waals surface area contributed by atoms with Gasteiger partial charge >= 0.3 is 6.18 Å². The van der Waals surface area contributed by atoms with Crippen molar-refractivity contribution < 1.29 is 17.9 Å². The first-order valence-electron chi connectivity index (χ1n) is 6.10. The van der Waals surface area contributed by atoms with E-state index in [2.05, 4.69) is 14.9 Å². The van der Waals surface area contributed by atoms with E-state index in [9.17, 15) is 13.2 Å². The number of rotatable bonds is 3. The molecule has 1 aromatic rings. The highest BCUT2D eigenvalue weighted by molar-refractivity contribution is 8.14. The van der Waals surface area contributed by atoms with Crippen molar-refractivity contribution in [2.45, 2.75) is 6.18 Å². The Labute approximate surface area is 124 Å². The number of amidine groups is 1. The number of thioether (sulfide) groups is 1. The smallest absolute Gasteiger partial charge is 0.422 e. The highest BCUT2D eigenvalue weighted by Crippen LogP contribution is 2.21. The van der Waals surface area contributed by atoms with Gasteiger partial charge in [-0.15, -0.1) is 5.10 Å². The Morgan fingerprint density at radius 1 is 1.19 bits per heavy atom. The summed E-state index contributed by atoms with van der Waals surface area (Å²) in [6.45, 7) is -1.29. The van der Waals surface area contributed by atoms with E-state index in [0.29, 0.717) is 5.75 Å². The first-order valence-corrected chi connectivity index (χ1v) is 7.08. The van der Waals surface area contributed by atoms with Gasteiger partial charge in [-0.25, -0.2) is 0 Å². The van der Waals surface area contributed by atoms with Crippen LogP contribution in [0.5, 0.6) is 5.75 Å². The molecule has 0 aromatic heterocycles. The van der Waals surface area contributed by atoms with Crippen LogP contribution < -0.4 is 4.74 Å². The lowest BCUT2D eigenvalue weighted by molar-refractivity contribution is -0.153. The average molecular weight is 317 g/mol. The molecule has 8 heteroatoms. The quantitative estimate of drug-likeness (QED) is 0.860. The summed E-state index contributed by atoms with van der Waals surface area (Å²) in [5.41, 5.74) is 1.61. The van der Waals surface area contributed by atoms with Crippen molar-refractivity contribution in [2.24, 2.45) is 10.2 Å². The van der Waals surface area contributed by atoms with E-state index in [1.54, 1.807) is 23.9 Å². The van der Waals surface area contributed by atoms with E-state index in [1.165, 1.54) is 12.1 Å². The van der Waals surface area contributed by atoms with Crippen molar-refractivity contribution in [2.75, 3.05) is 26.5 Å². The Morgan fingerprint density at radius 2 is 1.86 bits per heavy atom. The number of alkyl halides is 3. The van der Waals surface area contributed by atoms with Crippen molar-refractivity contribution in [3.05, 3.63) is 29.8 Å². The van der Waals surface area contributed by atoms with Crippen LogP contribution in [0.2, 0.25) is 0 Å². The predicted octanol–water partition coefficient (Wildman–Crippen LogP) is 3.00. The van der Waals surface area contributed by atoms with Crippen molar-refractivity contribution in [3.63, 3.8) is 0 Å². The normalized spacial score (nSPS) is 15.3. The molecule has 4 nitrogen and oxygen atoms in total. The number of benzene rings is 1. The maximum Gasteiger partial charge on any atom is 0.422 e. The van der Waals surface area contributed by atoms with Crippen LogP contribution in [-0.4, -0.2) is 48.4 Å². The highest BCUT2D eigenvalue weighted by atomic mass is 32.2. The van der Waals surface area contributed by atoms with Crippen LogP contribution >= 0.6 is 11.8 Å². The molecule has 1 heterocycles. The minimum absolute atomic E-state index is 0.178. The maximum absolute atomic E-state index is 12.0. The lowest BCUT2D eigenvalue weighted by Crippen LogP contribution is -2.23. The van der Waals surface area contributed by atoms with Gasteiger partial charge in [0.05, 0.1) is 5.71 Å². The van der Waals surface area contributed by atoms with Crippen LogP contribution in [0, 0.1) is 0 Å². The first-order chi connectivity index (χ1) is 9.85. The molecule has 0 atom stereocenters. The molecule has 0 radical (unpaired) electrons. The molecule has 0 saturated heterocycles. The number of hydrogen-bond donors (Lipinski definition) is 0. The molecule has 0 amide bonds. The highest BCUT2D eigenvalue weighted by Gasteiger charge is 2.28.